The first-order valence-corrected chi connectivity index (χ1v) is 13.1. The van der Waals surface area contributed by atoms with Crippen molar-refractivity contribution in [1.29, 1.82) is 0 Å². The molecule has 0 radical (unpaired) electrons. The van der Waals surface area contributed by atoms with Crippen molar-refractivity contribution in [3.8, 4) is 0 Å². The van der Waals surface area contributed by atoms with Crippen LogP contribution in [0.15, 0.2) is 66.7 Å². The van der Waals surface area contributed by atoms with Gasteiger partial charge in [-0.15, -0.1) is 11.3 Å². The Hall–Kier alpha value is -2.63. The lowest BCUT2D eigenvalue weighted by Gasteiger charge is -2.32. The number of carbonyl (C=O) groups excluding carboxylic acids is 1. The van der Waals surface area contributed by atoms with Crippen LogP contribution in [0.5, 0.6) is 0 Å². The number of nitrogens with one attached hydrogen (secondary N) is 1. The normalized spacial score (nSPS) is 16.7. The van der Waals surface area contributed by atoms with Crippen molar-refractivity contribution in [2.24, 2.45) is 5.92 Å². The first-order valence-electron chi connectivity index (χ1n) is 12.3. The van der Waals surface area contributed by atoms with E-state index in [9.17, 15) is 4.79 Å². The van der Waals surface area contributed by atoms with Crippen LogP contribution in [-0.2, 0) is 12.8 Å². The molecule has 2 aliphatic rings. The highest BCUT2D eigenvalue weighted by molar-refractivity contribution is 7.18. The average Bonchev–Trinajstić information content (AvgIpc) is 3.51. The summed E-state index contributed by atoms with van der Waals surface area (Å²) in [5.74, 6) is 0.860. The summed E-state index contributed by atoms with van der Waals surface area (Å²) in [4.78, 5) is 18.3. The molecule has 2 aliphatic heterocycles. The molecular formula is C28H33N3OS. The van der Waals surface area contributed by atoms with Gasteiger partial charge in [0.2, 0.25) is 0 Å². The zero-order valence-corrected chi connectivity index (χ0v) is 20.0. The van der Waals surface area contributed by atoms with Crippen LogP contribution < -0.4 is 10.2 Å². The van der Waals surface area contributed by atoms with E-state index in [1.165, 1.54) is 49.2 Å². The minimum atomic E-state index is 0.0558. The number of para-hydroxylation sites is 1. The predicted molar refractivity (Wildman–Crippen MR) is 138 cm³/mol. The molecule has 1 saturated heterocycles. The van der Waals surface area contributed by atoms with Gasteiger partial charge in [0.15, 0.2) is 0 Å². The van der Waals surface area contributed by atoms with E-state index in [0.29, 0.717) is 0 Å². The standard InChI is InChI=1S/C28H33N3OS/c32-28(26-11-12-27(33-26)31-20-15-24-9-4-5-10-25(24)31)29-16-6-17-30-18-13-23(14-19-30)21-22-7-2-1-3-8-22/h1-5,7-12,23H,6,13-21H2,(H,29,32). The van der Waals surface area contributed by atoms with Crippen molar-refractivity contribution in [2.75, 3.05) is 37.6 Å². The zero-order chi connectivity index (χ0) is 22.5. The summed E-state index contributed by atoms with van der Waals surface area (Å²) in [6.07, 6.45) is 5.83. The third-order valence-corrected chi connectivity index (χ3v) is 8.09. The number of piperidine rings is 1. The number of amides is 1. The van der Waals surface area contributed by atoms with E-state index >= 15 is 0 Å². The van der Waals surface area contributed by atoms with E-state index in [-0.39, 0.29) is 5.91 Å². The Kier molecular flexibility index (Phi) is 7.08. The van der Waals surface area contributed by atoms with Crippen LogP contribution in [0.3, 0.4) is 0 Å². The second-order valence-electron chi connectivity index (χ2n) is 9.25. The number of thiophene rings is 1. The van der Waals surface area contributed by atoms with Gasteiger partial charge in [0.1, 0.15) is 0 Å². The van der Waals surface area contributed by atoms with Crippen LogP contribution in [0.25, 0.3) is 0 Å². The Bertz CT molecular complexity index is 1060. The quantitative estimate of drug-likeness (QED) is 0.451. The molecule has 0 saturated carbocycles. The third kappa shape index (κ3) is 5.48. The predicted octanol–water partition coefficient (Wildman–Crippen LogP) is 5.52. The first kappa shape index (κ1) is 22.2. The largest absolute Gasteiger partial charge is 0.351 e. The molecule has 0 spiro atoms. The van der Waals surface area contributed by atoms with Crippen molar-refractivity contribution in [3.63, 3.8) is 0 Å². The number of rotatable bonds is 8. The van der Waals surface area contributed by atoms with E-state index < -0.39 is 0 Å². The van der Waals surface area contributed by atoms with Crippen LogP contribution >= 0.6 is 11.3 Å². The molecule has 5 rings (SSSR count). The fourth-order valence-electron chi connectivity index (χ4n) is 5.12. The topological polar surface area (TPSA) is 35.6 Å². The molecular weight excluding hydrogens is 426 g/mol. The first-order chi connectivity index (χ1) is 16.3. The van der Waals surface area contributed by atoms with Crippen molar-refractivity contribution in [1.82, 2.24) is 10.2 Å². The summed E-state index contributed by atoms with van der Waals surface area (Å²) < 4.78 is 0. The molecule has 1 amide bonds. The molecule has 0 aliphatic carbocycles. The molecule has 1 N–H and O–H groups in total. The Morgan fingerprint density at radius 1 is 0.939 bits per heavy atom. The van der Waals surface area contributed by atoms with Crippen molar-refractivity contribution >= 4 is 27.9 Å². The van der Waals surface area contributed by atoms with E-state index in [1.807, 2.05) is 6.07 Å². The van der Waals surface area contributed by atoms with E-state index in [0.717, 1.165) is 48.3 Å². The van der Waals surface area contributed by atoms with Crippen LogP contribution in [-0.4, -0.2) is 43.5 Å². The van der Waals surface area contributed by atoms with Crippen molar-refractivity contribution < 1.29 is 4.79 Å². The molecule has 172 valence electrons. The minimum absolute atomic E-state index is 0.0558. The smallest absolute Gasteiger partial charge is 0.261 e. The zero-order valence-electron chi connectivity index (χ0n) is 19.2. The maximum Gasteiger partial charge on any atom is 0.261 e. The highest BCUT2D eigenvalue weighted by Gasteiger charge is 2.22. The monoisotopic (exact) mass is 459 g/mol. The van der Waals surface area contributed by atoms with Gasteiger partial charge in [-0.1, -0.05) is 48.5 Å². The van der Waals surface area contributed by atoms with E-state index in [1.54, 1.807) is 11.3 Å². The fourth-order valence-corrected chi connectivity index (χ4v) is 6.08. The van der Waals surface area contributed by atoms with Gasteiger partial charge in [0.25, 0.3) is 5.91 Å². The average molecular weight is 460 g/mol. The Labute approximate surface area is 201 Å². The number of likely N-dealkylation sites (tertiary alicyclic amines) is 1. The van der Waals surface area contributed by atoms with Gasteiger partial charge in [-0.25, -0.2) is 0 Å². The maximum absolute atomic E-state index is 12.7. The van der Waals surface area contributed by atoms with Gasteiger partial charge in [-0.3, -0.25) is 4.79 Å². The molecule has 0 bridgehead atoms. The van der Waals surface area contributed by atoms with Gasteiger partial charge in [-0.05, 0) is 87.0 Å². The Morgan fingerprint density at radius 3 is 2.58 bits per heavy atom. The number of hydrogen-bond acceptors (Lipinski definition) is 4. The SMILES string of the molecule is O=C(NCCCN1CCC(Cc2ccccc2)CC1)c1ccc(N2CCc3ccccc32)s1. The maximum atomic E-state index is 12.7. The molecule has 3 heterocycles. The summed E-state index contributed by atoms with van der Waals surface area (Å²) in [5.41, 5.74) is 4.13. The van der Waals surface area contributed by atoms with E-state index in [4.69, 9.17) is 0 Å². The summed E-state index contributed by atoms with van der Waals surface area (Å²) in [6, 6.07) is 23.5. The highest BCUT2D eigenvalue weighted by Crippen LogP contribution is 2.38. The lowest BCUT2D eigenvalue weighted by molar-refractivity contribution is 0.0954. The summed E-state index contributed by atoms with van der Waals surface area (Å²) in [6.45, 7) is 5.15. The number of hydrogen-bond donors (Lipinski definition) is 1. The molecule has 1 aromatic heterocycles. The van der Waals surface area contributed by atoms with Crippen molar-refractivity contribution in [3.05, 3.63) is 82.7 Å². The number of carbonyl (C=O) groups is 1. The van der Waals surface area contributed by atoms with Gasteiger partial charge in [0.05, 0.1) is 9.88 Å². The third-order valence-electron chi connectivity index (χ3n) is 6.98. The molecule has 5 heteroatoms. The van der Waals surface area contributed by atoms with Crippen LogP contribution in [0, 0.1) is 5.92 Å². The molecule has 0 unspecified atom stereocenters. The van der Waals surface area contributed by atoms with Crippen LogP contribution in [0.4, 0.5) is 10.7 Å². The summed E-state index contributed by atoms with van der Waals surface area (Å²) >= 11 is 1.59. The van der Waals surface area contributed by atoms with Gasteiger partial charge in [-0.2, -0.15) is 0 Å². The molecule has 4 nitrogen and oxygen atoms in total. The number of nitrogens with zero attached hydrogens (tertiary/aromatic N) is 2. The second kappa shape index (κ2) is 10.5. The van der Waals surface area contributed by atoms with Crippen LogP contribution in [0.2, 0.25) is 0 Å². The lowest BCUT2D eigenvalue weighted by Crippen LogP contribution is -2.36. The molecule has 33 heavy (non-hydrogen) atoms. The number of benzene rings is 2. The molecule has 3 aromatic rings. The van der Waals surface area contributed by atoms with Gasteiger partial charge >= 0.3 is 0 Å². The Morgan fingerprint density at radius 2 is 1.73 bits per heavy atom. The molecule has 1 fully saturated rings. The lowest BCUT2D eigenvalue weighted by atomic mass is 9.90. The molecule has 2 aromatic carbocycles. The fraction of sp³-hybridized carbons (Fsp3) is 0.393. The highest BCUT2D eigenvalue weighted by atomic mass is 32.1. The van der Waals surface area contributed by atoms with E-state index in [2.05, 4.69) is 75.8 Å². The van der Waals surface area contributed by atoms with Crippen LogP contribution in [0.1, 0.15) is 40.1 Å². The van der Waals surface area contributed by atoms with Gasteiger partial charge in [0, 0.05) is 18.8 Å². The number of fused-ring (bicyclic) bond motifs is 1. The summed E-state index contributed by atoms with van der Waals surface area (Å²) in [5, 5.41) is 4.29. The van der Waals surface area contributed by atoms with Crippen molar-refractivity contribution in [2.45, 2.75) is 32.1 Å². The summed E-state index contributed by atoms with van der Waals surface area (Å²) in [7, 11) is 0. The Balaban J connectivity index is 1.02. The second-order valence-corrected chi connectivity index (χ2v) is 10.3. The van der Waals surface area contributed by atoms with Gasteiger partial charge < -0.3 is 15.1 Å². The minimum Gasteiger partial charge on any atom is -0.351 e. The number of anilines is 2. The molecule has 0 atom stereocenters.